The molecule has 1 aromatic heterocycles. The van der Waals surface area contributed by atoms with E-state index >= 15 is 0 Å². The van der Waals surface area contributed by atoms with Crippen LogP contribution < -0.4 is 15.8 Å². The van der Waals surface area contributed by atoms with E-state index in [9.17, 15) is 0 Å². The van der Waals surface area contributed by atoms with Gasteiger partial charge < -0.3 is 15.8 Å². The maximum atomic E-state index is 5.61. The highest BCUT2D eigenvalue weighted by Gasteiger charge is 1.93. The maximum Gasteiger partial charge on any atom is 0.214 e. The van der Waals surface area contributed by atoms with E-state index in [0.29, 0.717) is 5.88 Å². The van der Waals surface area contributed by atoms with Crippen molar-refractivity contribution in [2.24, 2.45) is 5.73 Å². The van der Waals surface area contributed by atoms with Crippen molar-refractivity contribution in [3.63, 3.8) is 0 Å². The fraction of sp³-hybridized carbons (Fsp3) is 0.182. The standard InChI is InChI=1S/C11H15N3O/c1-3-9(12)4-6-13-10-5-7-14-11(8-10)15-2/h3-9H,1,12H2,2H3,(H,13,14)/b6-4+. The van der Waals surface area contributed by atoms with Crippen LogP contribution in [0.15, 0.2) is 43.3 Å². The molecule has 0 fully saturated rings. The predicted octanol–water partition coefficient (Wildman–Crippen LogP) is 1.53. The van der Waals surface area contributed by atoms with E-state index in [-0.39, 0.29) is 6.04 Å². The first-order valence-corrected chi connectivity index (χ1v) is 4.57. The van der Waals surface area contributed by atoms with Gasteiger partial charge in [0, 0.05) is 24.0 Å². The van der Waals surface area contributed by atoms with E-state index in [0.717, 1.165) is 5.69 Å². The van der Waals surface area contributed by atoms with E-state index in [1.807, 2.05) is 6.07 Å². The zero-order chi connectivity index (χ0) is 11.1. The lowest BCUT2D eigenvalue weighted by Gasteiger charge is -2.03. The van der Waals surface area contributed by atoms with Gasteiger partial charge in [-0.25, -0.2) is 4.98 Å². The van der Waals surface area contributed by atoms with E-state index < -0.39 is 0 Å². The Morgan fingerprint density at radius 3 is 3.13 bits per heavy atom. The molecule has 1 rings (SSSR count). The molecule has 1 aromatic rings. The zero-order valence-corrected chi connectivity index (χ0v) is 8.68. The first-order chi connectivity index (χ1) is 7.26. The Balaban J connectivity index is 2.57. The van der Waals surface area contributed by atoms with E-state index in [1.54, 1.807) is 37.7 Å². The number of ether oxygens (including phenoxy) is 1. The summed E-state index contributed by atoms with van der Waals surface area (Å²) >= 11 is 0. The first-order valence-electron chi connectivity index (χ1n) is 4.57. The number of nitrogens with zero attached hydrogens (tertiary/aromatic N) is 1. The van der Waals surface area contributed by atoms with Crippen molar-refractivity contribution in [1.82, 2.24) is 4.98 Å². The minimum atomic E-state index is -0.138. The lowest BCUT2D eigenvalue weighted by molar-refractivity contribution is 0.398. The van der Waals surface area contributed by atoms with Gasteiger partial charge in [-0.15, -0.1) is 6.58 Å². The Morgan fingerprint density at radius 2 is 2.47 bits per heavy atom. The van der Waals surface area contributed by atoms with Gasteiger partial charge in [0.25, 0.3) is 0 Å². The predicted molar refractivity (Wildman–Crippen MR) is 61.7 cm³/mol. The molecule has 4 nitrogen and oxygen atoms in total. The molecule has 0 bridgehead atoms. The molecule has 4 heteroatoms. The van der Waals surface area contributed by atoms with Gasteiger partial charge in [0.05, 0.1) is 7.11 Å². The number of nitrogens with two attached hydrogens (primary N) is 1. The number of aromatic nitrogens is 1. The van der Waals surface area contributed by atoms with Crippen LogP contribution in [0.2, 0.25) is 0 Å². The molecule has 1 heterocycles. The van der Waals surface area contributed by atoms with Crippen LogP contribution in [0, 0.1) is 0 Å². The number of hydrogen-bond donors (Lipinski definition) is 2. The van der Waals surface area contributed by atoms with E-state index in [1.165, 1.54) is 0 Å². The van der Waals surface area contributed by atoms with Crippen molar-refractivity contribution in [1.29, 1.82) is 0 Å². The van der Waals surface area contributed by atoms with Gasteiger partial charge in [-0.3, -0.25) is 0 Å². The molecular weight excluding hydrogens is 190 g/mol. The third-order valence-corrected chi connectivity index (χ3v) is 1.78. The summed E-state index contributed by atoms with van der Waals surface area (Å²) in [7, 11) is 1.58. The van der Waals surface area contributed by atoms with Crippen molar-refractivity contribution in [3.05, 3.63) is 43.3 Å². The number of anilines is 1. The molecule has 0 aliphatic rings. The molecule has 0 radical (unpaired) electrons. The SMILES string of the molecule is C=CC(N)/C=C/Nc1ccnc(OC)c1. The van der Waals surface area contributed by atoms with Gasteiger partial charge in [0.2, 0.25) is 5.88 Å². The molecule has 80 valence electrons. The van der Waals surface area contributed by atoms with E-state index in [4.69, 9.17) is 10.5 Å². The zero-order valence-electron chi connectivity index (χ0n) is 8.68. The van der Waals surface area contributed by atoms with Gasteiger partial charge in [0.1, 0.15) is 0 Å². The second kappa shape index (κ2) is 5.82. The second-order valence-corrected chi connectivity index (χ2v) is 2.90. The van der Waals surface area contributed by atoms with Gasteiger partial charge in [-0.1, -0.05) is 6.08 Å². The number of hydrogen-bond acceptors (Lipinski definition) is 4. The molecule has 0 spiro atoms. The first kappa shape index (κ1) is 11.3. The summed E-state index contributed by atoms with van der Waals surface area (Å²) in [6.07, 6.45) is 6.90. The summed E-state index contributed by atoms with van der Waals surface area (Å²) < 4.78 is 4.99. The lowest BCUT2D eigenvalue weighted by Crippen LogP contribution is -2.12. The van der Waals surface area contributed by atoms with Crippen molar-refractivity contribution in [2.75, 3.05) is 12.4 Å². The molecule has 1 atom stereocenters. The van der Waals surface area contributed by atoms with E-state index in [2.05, 4.69) is 16.9 Å². The average molecular weight is 205 g/mol. The fourth-order valence-electron chi connectivity index (χ4n) is 0.945. The smallest absolute Gasteiger partial charge is 0.214 e. The highest BCUT2D eigenvalue weighted by atomic mass is 16.5. The molecule has 0 amide bonds. The number of rotatable bonds is 5. The minimum Gasteiger partial charge on any atom is -0.481 e. The van der Waals surface area contributed by atoms with Crippen molar-refractivity contribution in [3.8, 4) is 5.88 Å². The van der Waals surface area contributed by atoms with Crippen molar-refractivity contribution < 1.29 is 4.74 Å². The topological polar surface area (TPSA) is 60.2 Å². The van der Waals surface area contributed by atoms with Gasteiger partial charge in [-0.05, 0) is 18.3 Å². The third kappa shape index (κ3) is 3.83. The van der Waals surface area contributed by atoms with Crippen LogP contribution in [0.3, 0.4) is 0 Å². The summed E-state index contributed by atoms with van der Waals surface area (Å²) in [5, 5.41) is 3.06. The molecule has 0 saturated carbocycles. The molecule has 0 aliphatic carbocycles. The quantitative estimate of drug-likeness (QED) is 0.716. The highest BCUT2D eigenvalue weighted by molar-refractivity contribution is 5.47. The van der Waals surface area contributed by atoms with Crippen LogP contribution in [0.1, 0.15) is 0 Å². The fourth-order valence-corrected chi connectivity index (χ4v) is 0.945. The van der Waals surface area contributed by atoms with Crippen LogP contribution in [0.5, 0.6) is 5.88 Å². The maximum absolute atomic E-state index is 5.61. The van der Waals surface area contributed by atoms with Crippen molar-refractivity contribution >= 4 is 5.69 Å². The second-order valence-electron chi connectivity index (χ2n) is 2.90. The molecule has 0 aliphatic heterocycles. The van der Waals surface area contributed by atoms with Crippen LogP contribution in [-0.2, 0) is 0 Å². The van der Waals surface area contributed by atoms with Crippen LogP contribution in [0.4, 0.5) is 5.69 Å². The van der Waals surface area contributed by atoms with Gasteiger partial charge in [0.15, 0.2) is 0 Å². The highest BCUT2D eigenvalue weighted by Crippen LogP contribution is 2.12. The molecular formula is C11H15N3O. The summed E-state index contributed by atoms with van der Waals surface area (Å²) in [5.41, 5.74) is 6.51. The van der Waals surface area contributed by atoms with Crippen LogP contribution in [-0.4, -0.2) is 18.1 Å². The summed E-state index contributed by atoms with van der Waals surface area (Å²) in [4.78, 5) is 3.99. The normalized spacial score (nSPS) is 12.4. The van der Waals surface area contributed by atoms with Gasteiger partial charge >= 0.3 is 0 Å². The monoisotopic (exact) mass is 205 g/mol. The Hall–Kier alpha value is -1.81. The molecule has 15 heavy (non-hydrogen) atoms. The largest absolute Gasteiger partial charge is 0.481 e. The van der Waals surface area contributed by atoms with Crippen LogP contribution >= 0.6 is 0 Å². The third-order valence-electron chi connectivity index (χ3n) is 1.78. The number of methoxy groups -OCH3 is 1. The Kier molecular flexibility index (Phi) is 4.37. The Bertz CT molecular complexity index is 349. The molecule has 3 N–H and O–H groups in total. The average Bonchev–Trinajstić information content (AvgIpc) is 2.29. The molecule has 0 aromatic carbocycles. The summed E-state index contributed by atoms with van der Waals surface area (Å²) in [6.45, 7) is 3.58. The summed E-state index contributed by atoms with van der Waals surface area (Å²) in [6, 6.07) is 3.50. The van der Waals surface area contributed by atoms with Crippen LogP contribution in [0.25, 0.3) is 0 Å². The van der Waals surface area contributed by atoms with Gasteiger partial charge in [-0.2, -0.15) is 0 Å². The molecule has 1 unspecified atom stereocenters. The number of nitrogens with one attached hydrogen (secondary N) is 1. The van der Waals surface area contributed by atoms with Crippen molar-refractivity contribution in [2.45, 2.75) is 6.04 Å². The minimum absolute atomic E-state index is 0.138. The Morgan fingerprint density at radius 1 is 1.67 bits per heavy atom. The summed E-state index contributed by atoms with van der Waals surface area (Å²) in [5.74, 6) is 0.571. The number of pyridine rings is 1. The molecule has 0 saturated heterocycles. The lowest BCUT2D eigenvalue weighted by atomic mass is 10.3. The Labute approximate surface area is 89.5 Å².